The van der Waals surface area contributed by atoms with Gasteiger partial charge in [-0.25, -0.2) is 42.1 Å². The molecule has 0 aromatic heterocycles. The van der Waals surface area contributed by atoms with Crippen LogP contribution < -0.4 is 29.6 Å². The van der Waals surface area contributed by atoms with Crippen molar-refractivity contribution in [2.75, 3.05) is 33.0 Å². The molecule has 0 amide bonds. The van der Waals surface area contributed by atoms with Gasteiger partial charge in [0.25, 0.3) is 0 Å². The fourth-order valence-corrected chi connectivity index (χ4v) is 10.4. The van der Waals surface area contributed by atoms with Crippen LogP contribution >= 0.6 is 0 Å². The van der Waals surface area contributed by atoms with Gasteiger partial charge in [0, 0.05) is 0 Å². The molecule has 0 heterocycles. The molecule has 0 unspecified atom stereocenters. The Hall–Kier alpha value is 1.06. The molecule has 0 saturated heterocycles. The largest absolute Gasteiger partial charge is 4.00 e. The number of hydrogen-bond donors (Lipinski definition) is 0. The first-order valence-corrected chi connectivity index (χ1v) is 40.0. The molecule has 0 fully saturated rings. The first-order chi connectivity index (χ1) is 40.3. The Kier molecular flexibility index (Phi) is 90.8. The molecule has 0 radical (unpaired) electrons. The molecule has 0 spiro atoms. The van der Waals surface area contributed by atoms with Crippen molar-refractivity contribution >= 4 is 52.0 Å². The standard InChI is InChI=1S/5C12H26O4S.Na.Ti/c5*1-2-3-4-5-6-7-8-9-10-11-12-16-17(13,14)15;;/h5*2-12H2,1H3,(H,13,14,15);;/q;;;;;+1;+4/p-5. The summed E-state index contributed by atoms with van der Waals surface area (Å²) in [5, 5.41) is 0. The summed E-state index contributed by atoms with van der Waals surface area (Å²) in [7, 11) is -22.4. The van der Waals surface area contributed by atoms with Crippen molar-refractivity contribution < 1.29 is 137 Å². The molecular weight excluding hydrogens is 1270 g/mol. The third-order valence-electron chi connectivity index (χ3n) is 13.6. The summed E-state index contributed by atoms with van der Waals surface area (Å²) in [5.41, 5.74) is 0. The van der Waals surface area contributed by atoms with Crippen molar-refractivity contribution in [3.05, 3.63) is 0 Å². The zero-order valence-corrected chi connectivity index (χ0v) is 63.2. The molecular formula is C60H125NaO20S5Ti. The Morgan fingerprint density at radius 2 is 0.264 bits per heavy atom. The summed E-state index contributed by atoms with van der Waals surface area (Å²) in [5.74, 6) is 0. The van der Waals surface area contributed by atoms with Crippen LogP contribution in [0.4, 0.5) is 0 Å². The predicted octanol–water partition coefficient (Wildman–Crippen LogP) is 13.9. The molecule has 0 atom stereocenters. The van der Waals surface area contributed by atoms with Crippen molar-refractivity contribution in [3.63, 3.8) is 0 Å². The van der Waals surface area contributed by atoms with Crippen LogP contribution in [0.1, 0.15) is 356 Å². The molecule has 0 aromatic carbocycles. The molecule has 520 valence electrons. The molecule has 27 heteroatoms. The second-order valence-electron chi connectivity index (χ2n) is 22.1. The Morgan fingerprint density at radius 1 is 0.184 bits per heavy atom. The Morgan fingerprint density at radius 3 is 0.345 bits per heavy atom. The average Bonchev–Trinajstić information content (AvgIpc) is 3.41. The van der Waals surface area contributed by atoms with Crippen molar-refractivity contribution in [2.45, 2.75) is 356 Å². The first kappa shape index (κ1) is 102. The summed E-state index contributed by atoms with van der Waals surface area (Å²) in [6.45, 7) is 11.2. The van der Waals surface area contributed by atoms with E-state index >= 15 is 0 Å². The van der Waals surface area contributed by atoms with Gasteiger partial charge in [0.05, 0.1) is 33.0 Å². The van der Waals surface area contributed by atoms with Gasteiger partial charge in [0.1, 0.15) is 0 Å². The van der Waals surface area contributed by atoms with Gasteiger partial charge in [-0.2, -0.15) is 0 Å². The Labute approximate surface area is 572 Å². The van der Waals surface area contributed by atoms with Gasteiger partial charge in [0.15, 0.2) is 0 Å². The van der Waals surface area contributed by atoms with E-state index in [4.69, 9.17) is 0 Å². The van der Waals surface area contributed by atoms with Gasteiger partial charge in [-0.3, -0.25) is 20.9 Å². The summed E-state index contributed by atoms with van der Waals surface area (Å²) in [6, 6.07) is 0. The molecule has 0 saturated carbocycles. The monoisotopic (exact) mass is 1400 g/mol. The van der Waals surface area contributed by atoms with E-state index < -0.39 is 52.0 Å². The second kappa shape index (κ2) is 77.8. The molecule has 0 aliphatic rings. The molecule has 0 aliphatic carbocycles. The van der Waals surface area contributed by atoms with Crippen molar-refractivity contribution in [3.8, 4) is 0 Å². The van der Waals surface area contributed by atoms with Gasteiger partial charge < -0.3 is 22.8 Å². The molecule has 87 heavy (non-hydrogen) atoms. The van der Waals surface area contributed by atoms with E-state index in [0.29, 0.717) is 32.1 Å². The molecule has 0 bridgehead atoms. The van der Waals surface area contributed by atoms with E-state index in [2.05, 4.69) is 55.5 Å². The van der Waals surface area contributed by atoms with Crippen LogP contribution in [-0.4, -0.2) is 97.9 Å². The fraction of sp³-hybridized carbons (Fsp3) is 1.00. The summed E-state index contributed by atoms with van der Waals surface area (Å²) in [4.78, 5) is 0. The van der Waals surface area contributed by atoms with Gasteiger partial charge in [-0.15, -0.1) is 0 Å². The van der Waals surface area contributed by atoms with Crippen molar-refractivity contribution in [1.82, 2.24) is 0 Å². The number of hydrogen-bond acceptors (Lipinski definition) is 20. The Bertz CT molecular complexity index is 1580. The third kappa shape index (κ3) is 125. The minimum absolute atomic E-state index is 0. The predicted molar refractivity (Wildman–Crippen MR) is 337 cm³/mol. The van der Waals surface area contributed by atoms with Gasteiger partial charge >= 0.3 is 51.3 Å². The van der Waals surface area contributed by atoms with E-state index in [9.17, 15) is 64.9 Å². The summed E-state index contributed by atoms with van der Waals surface area (Å²) in [6.07, 6.45) is 58.5. The first-order valence-electron chi connectivity index (χ1n) is 33.3. The van der Waals surface area contributed by atoms with Crippen LogP contribution in [0.5, 0.6) is 0 Å². The van der Waals surface area contributed by atoms with E-state index in [0.717, 1.165) is 64.2 Å². The van der Waals surface area contributed by atoms with E-state index in [1.54, 1.807) is 0 Å². The van der Waals surface area contributed by atoms with Crippen LogP contribution in [-0.2, 0) is 94.6 Å². The minimum Gasteiger partial charge on any atom is -0.726 e. The smallest absolute Gasteiger partial charge is 0.726 e. The molecule has 0 rings (SSSR count). The summed E-state index contributed by atoms with van der Waals surface area (Å²) < 4.78 is 172. The van der Waals surface area contributed by atoms with Gasteiger partial charge in [-0.05, 0) is 32.1 Å². The zero-order valence-electron chi connectivity index (χ0n) is 55.6. The van der Waals surface area contributed by atoms with Crippen molar-refractivity contribution in [2.24, 2.45) is 0 Å². The quantitative estimate of drug-likeness (QED) is 0.0236. The molecule has 0 aromatic rings. The SMILES string of the molecule is CCCCCCCCCCCCOS(=O)(=O)[O-].CCCCCCCCCCCCOS(=O)(=O)[O-].CCCCCCCCCCCCOS(=O)(=O)[O-].CCCCCCCCCCCCOS(=O)(=O)[O-].CCCCCCCCCCCCOS(=O)(=O)[O-].[Na+].[Ti+4]. The van der Waals surface area contributed by atoms with Crippen LogP contribution in [0.3, 0.4) is 0 Å². The van der Waals surface area contributed by atoms with Crippen LogP contribution in [0.15, 0.2) is 0 Å². The van der Waals surface area contributed by atoms with Crippen LogP contribution in [0, 0.1) is 0 Å². The topological polar surface area (TPSA) is 332 Å². The van der Waals surface area contributed by atoms with Crippen LogP contribution in [0.25, 0.3) is 0 Å². The molecule has 20 nitrogen and oxygen atoms in total. The number of unbranched alkanes of at least 4 members (excludes halogenated alkanes) is 45. The Balaban J connectivity index is -0.000000183. The maximum atomic E-state index is 10.1. The number of rotatable bonds is 60. The normalized spacial score (nSPS) is 11.6. The van der Waals surface area contributed by atoms with Crippen molar-refractivity contribution in [1.29, 1.82) is 0 Å². The van der Waals surface area contributed by atoms with Crippen LogP contribution in [0.2, 0.25) is 0 Å². The van der Waals surface area contributed by atoms with E-state index in [1.165, 1.54) is 225 Å². The minimum atomic E-state index is -4.48. The average molecular weight is 1400 g/mol. The third-order valence-corrected chi connectivity index (χ3v) is 15.9. The van der Waals surface area contributed by atoms with Gasteiger partial charge in [-0.1, -0.05) is 324 Å². The molecule has 0 N–H and O–H groups in total. The maximum absolute atomic E-state index is 10.1. The molecule has 0 aliphatic heterocycles. The maximum Gasteiger partial charge on any atom is 4.00 e. The van der Waals surface area contributed by atoms with Gasteiger partial charge in [0.2, 0.25) is 52.0 Å². The zero-order chi connectivity index (χ0) is 64.9. The van der Waals surface area contributed by atoms with E-state index in [1.807, 2.05) is 0 Å². The van der Waals surface area contributed by atoms with E-state index in [-0.39, 0.29) is 84.3 Å². The summed E-state index contributed by atoms with van der Waals surface area (Å²) >= 11 is 0. The second-order valence-corrected chi connectivity index (χ2v) is 27.3. The fourth-order valence-electron chi connectivity index (χ4n) is 8.75.